The molecule has 7 heteroatoms. The highest BCUT2D eigenvalue weighted by atomic mass is 16.5. The summed E-state index contributed by atoms with van der Waals surface area (Å²) in [5.74, 6) is -1.14. The number of imidazole rings is 1. The fourth-order valence-corrected chi connectivity index (χ4v) is 2.04. The third-order valence-electron chi connectivity index (χ3n) is 3.04. The van der Waals surface area contributed by atoms with Crippen molar-refractivity contribution in [3.8, 4) is 0 Å². The summed E-state index contributed by atoms with van der Waals surface area (Å²) in [6.45, 7) is 5.62. The smallest absolute Gasteiger partial charge is 0.356 e. The van der Waals surface area contributed by atoms with Gasteiger partial charge in [-0.15, -0.1) is 0 Å². The van der Waals surface area contributed by atoms with Crippen molar-refractivity contribution in [2.24, 2.45) is 0 Å². The molecule has 2 rings (SSSR count). The lowest BCUT2D eigenvalue weighted by molar-refractivity contribution is -0.142. The van der Waals surface area contributed by atoms with E-state index in [0.29, 0.717) is 18.1 Å². The number of carboxylic acid groups (broad SMARTS) is 1. The fraction of sp³-hybridized carbons (Fsp3) is 0.385. The Labute approximate surface area is 115 Å². The third kappa shape index (κ3) is 2.47. The summed E-state index contributed by atoms with van der Waals surface area (Å²) in [6, 6.07) is 0. The molecule has 0 aliphatic heterocycles. The molecule has 2 aromatic heterocycles. The van der Waals surface area contributed by atoms with Crippen LogP contribution in [0.5, 0.6) is 0 Å². The molecular formula is C13H15N3O4. The van der Waals surface area contributed by atoms with Crippen molar-refractivity contribution in [1.29, 1.82) is 0 Å². The second-order valence-electron chi connectivity index (χ2n) is 4.34. The van der Waals surface area contributed by atoms with E-state index in [0.717, 1.165) is 11.3 Å². The van der Waals surface area contributed by atoms with Crippen molar-refractivity contribution in [3.63, 3.8) is 0 Å². The van der Waals surface area contributed by atoms with Crippen LogP contribution in [0.3, 0.4) is 0 Å². The normalized spacial score (nSPS) is 10.8. The second-order valence-corrected chi connectivity index (χ2v) is 4.34. The molecule has 0 atom stereocenters. The number of carbonyl (C=O) groups excluding carboxylic acids is 1. The maximum atomic E-state index is 11.6. The van der Waals surface area contributed by atoms with Crippen LogP contribution < -0.4 is 0 Å². The molecule has 0 radical (unpaired) electrons. The molecule has 0 fully saturated rings. The summed E-state index contributed by atoms with van der Waals surface area (Å²) >= 11 is 0. The number of aromatic carboxylic acids is 1. The molecule has 0 spiro atoms. The van der Waals surface area contributed by atoms with E-state index in [1.807, 2.05) is 0 Å². The number of hydrogen-bond donors (Lipinski definition) is 1. The first kappa shape index (κ1) is 14.0. The Morgan fingerprint density at radius 1 is 1.35 bits per heavy atom. The zero-order valence-corrected chi connectivity index (χ0v) is 11.5. The maximum Gasteiger partial charge on any atom is 0.356 e. The van der Waals surface area contributed by atoms with E-state index in [1.165, 1.54) is 6.20 Å². The number of nitrogens with zero attached hydrogens (tertiary/aromatic N) is 3. The monoisotopic (exact) mass is 277 g/mol. The molecule has 0 aromatic carbocycles. The number of aryl methyl sites for hydroxylation is 2. The molecule has 0 amide bonds. The summed E-state index contributed by atoms with van der Waals surface area (Å²) in [5.41, 5.74) is 2.03. The molecule has 0 unspecified atom stereocenters. The van der Waals surface area contributed by atoms with Gasteiger partial charge in [0.1, 0.15) is 0 Å². The van der Waals surface area contributed by atoms with Gasteiger partial charge in [0, 0.05) is 23.1 Å². The van der Waals surface area contributed by atoms with Gasteiger partial charge >= 0.3 is 11.9 Å². The van der Waals surface area contributed by atoms with E-state index in [2.05, 4.69) is 9.97 Å². The predicted molar refractivity (Wildman–Crippen MR) is 69.8 cm³/mol. The van der Waals surface area contributed by atoms with Crippen molar-refractivity contribution in [2.45, 2.75) is 27.2 Å². The number of fused-ring (bicyclic) bond motifs is 1. The summed E-state index contributed by atoms with van der Waals surface area (Å²) in [4.78, 5) is 30.7. The Morgan fingerprint density at radius 3 is 2.65 bits per heavy atom. The summed E-state index contributed by atoms with van der Waals surface area (Å²) in [6.07, 6.45) is 1.50. The average molecular weight is 277 g/mol. The molecule has 20 heavy (non-hydrogen) atoms. The number of rotatable bonds is 4. The summed E-state index contributed by atoms with van der Waals surface area (Å²) < 4.78 is 6.50. The lowest BCUT2D eigenvalue weighted by Gasteiger charge is -2.10. The number of esters is 1. The third-order valence-corrected chi connectivity index (χ3v) is 3.04. The van der Waals surface area contributed by atoms with Crippen LogP contribution in [-0.4, -0.2) is 38.0 Å². The topological polar surface area (TPSA) is 93.8 Å². The largest absolute Gasteiger partial charge is 0.476 e. The van der Waals surface area contributed by atoms with Gasteiger partial charge < -0.3 is 9.84 Å². The average Bonchev–Trinajstić information content (AvgIpc) is 2.79. The van der Waals surface area contributed by atoms with Crippen molar-refractivity contribution in [3.05, 3.63) is 28.8 Å². The molecule has 0 aliphatic carbocycles. The zero-order chi connectivity index (χ0) is 14.9. The van der Waals surface area contributed by atoms with Gasteiger partial charge in [0.15, 0.2) is 5.69 Å². The number of hydrogen-bond acceptors (Lipinski definition) is 5. The van der Waals surface area contributed by atoms with Gasteiger partial charge in [-0.2, -0.15) is 0 Å². The van der Waals surface area contributed by atoms with Gasteiger partial charge in [-0.25, -0.2) is 14.8 Å². The van der Waals surface area contributed by atoms with E-state index in [4.69, 9.17) is 9.84 Å². The fourth-order valence-electron chi connectivity index (χ4n) is 2.04. The molecule has 1 N–H and O–H groups in total. The molecule has 0 saturated heterocycles. The Morgan fingerprint density at radius 2 is 2.05 bits per heavy atom. The minimum atomic E-state index is -1.11. The van der Waals surface area contributed by atoms with Crippen LogP contribution in [0.25, 0.3) is 5.78 Å². The van der Waals surface area contributed by atoms with Crippen molar-refractivity contribution < 1.29 is 19.4 Å². The zero-order valence-electron chi connectivity index (χ0n) is 11.5. The number of carboxylic acids is 1. The van der Waals surface area contributed by atoms with Crippen LogP contribution in [0.4, 0.5) is 0 Å². The Balaban J connectivity index is 2.50. The first-order chi connectivity index (χ1) is 9.43. The lowest BCUT2D eigenvalue weighted by Crippen LogP contribution is -2.12. The summed E-state index contributed by atoms with van der Waals surface area (Å²) in [5, 5.41) is 8.95. The van der Waals surface area contributed by atoms with E-state index < -0.39 is 5.97 Å². The highest BCUT2D eigenvalue weighted by Crippen LogP contribution is 2.16. The molecule has 0 saturated carbocycles. The van der Waals surface area contributed by atoms with Crippen LogP contribution in [0.2, 0.25) is 0 Å². The van der Waals surface area contributed by atoms with Crippen molar-refractivity contribution >= 4 is 17.7 Å². The molecule has 0 aliphatic rings. The van der Waals surface area contributed by atoms with Crippen LogP contribution in [0.1, 0.15) is 34.4 Å². The van der Waals surface area contributed by atoms with E-state index in [9.17, 15) is 9.59 Å². The number of carbonyl (C=O) groups is 2. The molecule has 7 nitrogen and oxygen atoms in total. The molecule has 106 valence electrons. The Hall–Kier alpha value is -2.44. The van der Waals surface area contributed by atoms with E-state index in [1.54, 1.807) is 25.2 Å². The van der Waals surface area contributed by atoms with Gasteiger partial charge in [0.25, 0.3) is 0 Å². The quantitative estimate of drug-likeness (QED) is 0.842. The molecule has 2 aromatic rings. The van der Waals surface area contributed by atoms with Gasteiger partial charge in [-0.3, -0.25) is 9.20 Å². The number of aromatic nitrogens is 3. The van der Waals surface area contributed by atoms with Crippen LogP contribution in [0.15, 0.2) is 6.20 Å². The molecule has 2 heterocycles. The standard InChI is InChI=1S/C13H15N3O4/c1-4-20-11(17)5-9-7(2)14-13-15-10(12(18)19)6-16(13)8(9)3/h6H,4-5H2,1-3H3,(H,18,19). The first-order valence-electron chi connectivity index (χ1n) is 6.18. The highest BCUT2D eigenvalue weighted by molar-refractivity contribution is 5.86. The van der Waals surface area contributed by atoms with Crippen molar-refractivity contribution in [2.75, 3.05) is 6.61 Å². The Bertz CT molecular complexity index is 690. The van der Waals surface area contributed by atoms with E-state index in [-0.39, 0.29) is 18.1 Å². The van der Waals surface area contributed by atoms with E-state index >= 15 is 0 Å². The molecule has 0 bridgehead atoms. The van der Waals surface area contributed by atoms with Gasteiger partial charge in [0.05, 0.1) is 13.0 Å². The minimum absolute atomic E-state index is 0.0757. The SMILES string of the molecule is CCOC(=O)Cc1c(C)nc2nc(C(=O)O)cn2c1C. The van der Waals surface area contributed by atoms with Gasteiger partial charge in [-0.05, 0) is 20.8 Å². The molecular weight excluding hydrogens is 262 g/mol. The summed E-state index contributed by atoms with van der Waals surface area (Å²) in [7, 11) is 0. The Kier molecular flexibility index (Phi) is 3.69. The van der Waals surface area contributed by atoms with Crippen LogP contribution in [0, 0.1) is 13.8 Å². The van der Waals surface area contributed by atoms with Crippen molar-refractivity contribution in [1.82, 2.24) is 14.4 Å². The van der Waals surface area contributed by atoms with Gasteiger partial charge in [0.2, 0.25) is 5.78 Å². The maximum absolute atomic E-state index is 11.6. The highest BCUT2D eigenvalue weighted by Gasteiger charge is 2.17. The van der Waals surface area contributed by atoms with Crippen LogP contribution >= 0.6 is 0 Å². The van der Waals surface area contributed by atoms with Gasteiger partial charge in [-0.1, -0.05) is 0 Å². The predicted octanol–water partition coefficient (Wildman–Crippen LogP) is 1.15. The minimum Gasteiger partial charge on any atom is -0.476 e. The first-order valence-corrected chi connectivity index (χ1v) is 6.18. The number of ether oxygens (including phenoxy) is 1. The second kappa shape index (κ2) is 5.28. The lowest BCUT2D eigenvalue weighted by atomic mass is 10.1. The van der Waals surface area contributed by atoms with Crippen LogP contribution in [-0.2, 0) is 16.0 Å².